The van der Waals surface area contributed by atoms with E-state index in [1.165, 1.54) is 6.92 Å². The average molecular weight is 393 g/mol. The molecule has 29 heavy (non-hydrogen) atoms. The molecule has 2 amide bonds. The molecule has 4 N–H and O–H groups in total. The Morgan fingerprint density at radius 1 is 1.14 bits per heavy atom. The first-order valence-corrected chi connectivity index (χ1v) is 9.09. The molecule has 0 saturated heterocycles. The van der Waals surface area contributed by atoms with Gasteiger partial charge in [-0.2, -0.15) is 0 Å². The van der Waals surface area contributed by atoms with Crippen molar-refractivity contribution >= 4 is 29.2 Å². The highest BCUT2D eigenvalue weighted by molar-refractivity contribution is 5.89. The number of carbonyl (C=O) groups is 2. The summed E-state index contributed by atoms with van der Waals surface area (Å²) in [5, 5.41) is 5.82. The molecule has 1 heterocycles. The van der Waals surface area contributed by atoms with Crippen LogP contribution in [0.15, 0.2) is 59.1 Å². The van der Waals surface area contributed by atoms with Crippen LogP contribution in [-0.4, -0.2) is 35.3 Å². The van der Waals surface area contributed by atoms with E-state index in [0.29, 0.717) is 24.0 Å². The highest BCUT2D eigenvalue weighted by atomic mass is 16.4. The second-order valence-corrected chi connectivity index (χ2v) is 6.53. The maximum atomic E-state index is 11.8. The Labute approximate surface area is 168 Å². The van der Waals surface area contributed by atoms with Gasteiger partial charge in [-0.05, 0) is 23.8 Å². The number of aromatic nitrogens is 1. The van der Waals surface area contributed by atoms with Gasteiger partial charge in [-0.1, -0.05) is 30.3 Å². The summed E-state index contributed by atoms with van der Waals surface area (Å²) in [6, 6.07) is 15.2. The lowest BCUT2D eigenvalue weighted by Crippen LogP contribution is -2.32. The van der Waals surface area contributed by atoms with E-state index in [4.69, 9.17) is 10.2 Å². The van der Waals surface area contributed by atoms with Gasteiger partial charge in [0.15, 0.2) is 5.76 Å². The molecule has 8 heteroatoms. The summed E-state index contributed by atoms with van der Waals surface area (Å²) in [4.78, 5) is 28.9. The van der Waals surface area contributed by atoms with E-state index in [1.807, 2.05) is 36.4 Å². The number of hydrogen-bond acceptors (Lipinski definition) is 6. The number of oxazole rings is 1. The van der Waals surface area contributed by atoms with Gasteiger partial charge in [0, 0.05) is 37.5 Å². The Kier molecular flexibility index (Phi) is 6.25. The Morgan fingerprint density at radius 3 is 2.66 bits per heavy atom. The largest absolute Gasteiger partial charge is 0.423 e. The molecule has 0 spiro atoms. The van der Waals surface area contributed by atoms with Crippen molar-refractivity contribution in [3.63, 3.8) is 0 Å². The fourth-order valence-electron chi connectivity index (χ4n) is 2.86. The van der Waals surface area contributed by atoms with Crippen molar-refractivity contribution < 1.29 is 14.0 Å². The molecular weight excluding hydrogens is 370 g/mol. The zero-order valence-electron chi connectivity index (χ0n) is 16.3. The highest BCUT2D eigenvalue weighted by Gasteiger charge is 2.14. The minimum atomic E-state index is -0.143. The molecule has 3 rings (SSSR count). The first-order valence-electron chi connectivity index (χ1n) is 9.09. The van der Waals surface area contributed by atoms with Crippen molar-refractivity contribution in [2.75, 3.05) is 24.2 Å². The summed E-state index contributed by atoms with van der Waals surface area (Å²) >= 11 is 0. The summed E-state index contributed by atoms with van der Waals surface area (Å²) in [6.45, 7) is 1.83. The number of likely N-dealkylation sites (N-methyl/N-ethyl adjacent to an activating group) is 1. The van der Waals surface area contributed by atoms with Crippen molar-refractivity contribution in [1.82, 2.24) is 9.88 Å². The lowest BCUT2D eigenvalue weighted by atomic mass is 10.1. The number of amides is 2. The lowest BCUT2D eigenvalue weighted by Gasteiger charge is -2.17. The molecule has 0 fully saturated rings. The van der Waals surface area contributed by atoms with Crippen LogP contribution < -0.4 is 16.4 Å². The molecular formula is C21H23N5O3. The smallest absolute Gasteiger partial charge is 0.299 e. The molecule has 0 aliphatic rings. The molecule has 0 aliphatic carbocycles. The number of benzene rings is 2. The van der Waals surface area contributed by atoms with Crippen LogP contribution in [0, 0.1) is 0 Å². The first-order chi connectivity index (χ1) is 14.0. The van der Waals surface area contributed by atoms with Crippen molar-refractivity contribution in [2.45, 2.75) is 13.5 Å². The lowest BCUT2D eigenvalue weighted by molar-refractivity contribution is -0.128. The maximum Gasteiger partial charge on any atom is 0.299 e. The molecule has 0 saturated carbocycles. The van der Waals surface area contributed by atoms with Crippen LogP contribution in [0.2, 0.25) is 0 Å². The van der Waals surface area contributed by atoms with Gasteiger partial charge in [-0.25, -0.2) is 4.98 Å². The van der Waals surface area contributed by atoms with Gasteiger partial charge in [-0.3, -0.25) is 9.59 Å². The van der Waals surface area contributed by atoms with Crippen molar-refractivity contribution in [3.05, 3.63) is 60.3 Å². The number of nitrogens with zero attached hydrogens (tertiary/aromatic N) is 2. The van der Waals surface area contributed by atoms with E-state index in [0.717, 1.165) is 16.8 Å². The van der Waals surface area contributed by atoms with E-state index < -0.39 is 0 Å². The SMILES string of the molecule is CC(=O)Nc1cccc(Nc2ncc(-c3ccccc3CN(C)C(=O)CN)o2)c1. The molecule has 0 radical (unpaired) electrons. The maximum absolute atomic E-state index is 11.8. The second-order valence-electron chi connectivity index (χ2n) is 6.53. The fraction of sp³-hybridized carbons (Fsp3) is 0.190. The molecule has 0 aliphatic heterocycles. The first kappa shape index (κ1) is 20.1. The van der Waals surface area contributed by atoms with Gasteiger partial charge in [0.25, 0.3) is 6.01 Å². The van der Waals surface area contributed by atoms with Crippen LogP contribution in [0.1, 0.15) is 12.5 Å². The predicted octanol–water partition coefficient (Wildman–Crippen LogP) is 2.96. The molecule has 1 aromatic heterocycles. The summed E-state index contributed by atoms with van der Waals surface area (Å²) in [5.41, 5.74) is 8.61. The van der Waals surface area contributed by atoms with E-state index in [2.05, 4.69) is 15.6 Å². The molecule has 0 unspecified atom stereocenters. The van der Waals surface area contributed by atoms with Gasteiger partial charge in [0.05, 0.1) is 12.7 Å². The van der Waals surface area contributed by atoms with Crippen molar-refractivity contribution in [1.29, 1.82) is 0 Å². The van der Waals surface area contributed by atoms with Crippen LogP contribution in [0.5, 0.6) is 0 Å². The van der Waals surface area contributed by atoms with Gasteiger partial charge >= 0.3 is 0 Å². The van der Waals surface area contributed by atoms with Crippen LogP contribution in [0.3, 0.4) is 0 Å². The Hall–Kier alpha value is -3.65. The average Bonchev–Trinajstić information content (AvgIpc) is 3.15. The highest BCUT2D eigenvalue weighted by Crippen LogP contribution is 2.28. The number of rotatable bonds is 7. The Balaban J connectivity index is 1.79. The van der Waals surface area contributed by atoms with Crippen LogP contribution in [0.4, 0.5) is 17.4 Å². The summed E-state index contributed by atoms with van der Waals surface area (Å²) in [6.07, 6.45) is 1.63. The third-order valence-electron chi connectivity index (χ3n) is 4.23. The number of anilines is 3. The third kappa shape index (κ3) is 5.20. The second kappa shape index (κ2) is 9.03. The monoisotopic (exact) mass is 393 g/mol. The third-order valence-corrected chi connectivity index (χ3v) is 4.23. The molecule has 3 aromatic rings. The van der Waals surface area contributed by atoms with Crippen molar-refractivity contribution in [2.24, 2.45) is 5.73 Å². The molecule has 2 aromatic carbocycles. The fourth-order valence-corrected chi connectivity index (χ4v) is 2.86. The normalized spacial score (nSPS) is 10.4. The Bertz CT molecular complexity index is 1010. The summed E-state index contributed by atoms with van der Waals surface area (Å²) in [7, 11) is 1.71. The molecule has 8 nitrogen and oxygen atoms in total. The predicted molar refractivity (Wildman–Crippen MR) is 111 cm³/mol. The van der Waals surface area contributed by atoms with E-state index in [9.17, 15) is 9.59 Å². The number of hydrogen-bond donors (Lipinski definition) is 3. The van der Waals surface area contributed by atoms with Gasteiger partial charge in [-0.15, -0.1) is 0 Å². The van der Waals surface area contributed by atoms with Crippen molar-refractivity contribution in [3.8, 4) is 11.3 Å². The zero-order valence-corrected chi connectivity index (χ0v) is 16.3. The molecule has 150 valence electrons. The zero-order chi connectivity index (χ0) is 20.8. The van der Waals surface area contributed by atoms with E-state index in [-0.39, 0.29) is 18.4 Å². The van der Waals surface area contributed by atoms with E-state index >= 15 is 0 Å². The molecule has 0 bridgehead atoms. The standard InChI is InChI=1S/C21H23N5O3/c1-14(27)24-16-7-5-8-17(10-16)25-21-23-12-19(29-21)18-9-4-3-6-15(18)13-26(2)20(28)11-22/h3-10,12H,11,13,22H2,1-2H3,(H,23,25)(H,24,27). The summed E-state index contributed by atoms with van der Waals surface area (Å²) in [5.74, 6) is 0.295. The Morgan fingerprint density at radius 2 is 1.90 bits per heavy atom. The minimum Gasteiger partial charge on any atom is -0.423 e. The number of carbonyl (C=O) groups excluding carboxylic acids is 2. The van der Waals surface area contributed by atoms with Gasteiger partial charge < -0.3 is 25.7 Å². The van der Waals surface area contributed by atoms with E-state index in [1.54, 1.807) is 30.3 Å². The number of nitrogens with one attached hydrogen (secondary N) is 2. The minimum absolute atomic E-state index is 0.0351. The van der Waals surface area contributed by atoms with Gasteiger partial charge in [0.1, 0.15) is 0 Å². The quantitative estimate of drug-likeness (QED) is 0.569. The van der Waals surface area contributed by atoms with Crippen LogP contribution in [-0.2, 0) is 16.1 Å². The molecule has 0 atom stereocenters. The number of nitrogens with two attached hydrogens (primary N) is 1. The summed E-state index contributed by atoms with van der Waals surface area (Å²) < 4.78 is 5.87. The van der Waals surface area contributed by atoms with Crippen LogP contribution >= 0.6 is 0 Å². The topological polar surface area (TPSA) is 113 Å². The van der Waals surface area contributed by atoms with Crippen LogP contribution in [0.25, 0.3) is 11.3 Å². The van der Waals surface area contributed by atoms with Gasteiger partial charge in [0.2, 0.25) is 11.8 Å².